The summed E-state index contributed by atoms with van der Waals surface area (Å²) in [5.41, 5.74) is 0.819. The lowest BCUT2D eigenvalue weighted by Crippen LogP contribution is -1.98. The largest absolute Gasteiger partial charge is 0.289 e. The molecule has 0 amide bonds. The molecule has 0 atom stereocenters. The molecule has 1 aromatic carbocycles. The molecule has 0 N–H and O–H groups in total. The van der Waals surface area contributed by atoms with Crippen molar-refractivity contribution in [1.29, 1.82) is 0 Å². The average molecular weight is 297 g/mol. The van der Waals surface area contributed by atoms with Crippen LogP contribution in [-0.2, 0) is 6.54 Å². The number of aryl methyl sites for hydroxylation is 1. The smallest absolute Gasteiger partial charge is 0.185 e. The van der Waals surface area contributed by atoms with Gasteiger partial charge in [-0.1, -0.05) is 0 Å². The fourth-order valence-corrected chi connectivity index (χ4v) is 1.77. The monoisotopic (exact) mass is 296 g/mol. The number of hydrogen-bond acceptors (Lipinski definition) is 2. The number of ketones is 1. The van der Waals surface area contributed by atoms with Crippen molar-refractivity contribution in [2.45, 2.75) is 6.54 Å². The number of carbonyl (C=O) groups is 1. The summed E-state index contributed by atoms with van der Waals surface area (Å²) in [6.45, 7) is 0.576. The van der Waals surface area contributed by atoms with Crippen molar-refractivity contribution >= 4 is 23.5 Å². The maximum Gasteiger partial charge on any atom is 0.185 e. The highest BCUT2D eigenvalue weighted by Crippen LogP contribution is 2.10. The molecule has 0 aliphatic heterocycles. The molecule has 3 nitrogen and oxygen atoms in total. The highest BCUT2D eigenvalue weighted by molar-refractivity contribution is 6.17. The number of hydrogen-bond donors (Lipinski definition) is 0. The van der Waals surface area contributed by atoms with E-state index in [9.17, 15) is 13.6 Å². The van der Waals surface area contributed by atoms with E-state index in [4.69, 9.17) is 11.6 Å². The van der Waals surface area contributed by atoms with E-state index < -0.39 is 17.4 Å². The van der Waals surface area contributed by atoms with Crippen molar-refractivity contribution in [3.05, 3.63) is 59.4 Å². The Morgan fingerprint density at radius 3 is 2.85 bits per heavy atom. The standard InChI is InChI=1S/C14H11ClF2N2O/c15-5-6-19-9-10(8-18-19)1-4-14(20)11-2-3-12(16)13(17)7-11/h1-4,7-9H,5-6H2/b4-1+. The molecule has 6 heteroatoms. The predicted octanol–water partition coefficient (Wildman–Crippen LogP) is 3.30. The Hall–Kier alpha value is -2.01. The minimum Gasteiger partial charge on any atom is -0.289 e. The van der Waals surface area contributed by atoms with Gasteiger partial charge in [0.15, 0.2) is 17.4 Å². The van der Waals surface area contributed by atoms with Crippen molar-refractivity contribution in [2.24, 2.45) is 0 Å². The molecule has 0 aliphatic carbocycles. The van der Waals surface area contributed by atoms with Crippen LogP contribution in [0.15, 0.2) is 36.7 Å². The van der Waals surface area contributed by atoms with Crippen molar-refractivity contribution in [3.63, 3.8) is 0 Å². The second-order valence-electron chi connectivity index (χ2n) is 4.05. The number of allylic oxidation sites excluding steroid dienone is 1. The Kier molecular flexibility index (Phi) is 4.63. The van der Waals surface area contributed by atoms with Crippen LogP contribution in [0.5, 0.6) is 0 Å². The van der Waals surface area contributed by atoms with Gasteiger partial charge in [0.2, 0.25) is 0 Å². The first-order valence-electron chi connectivity index (χ1n) is 5.86. The molecule has 0 unspecified atom stereocenters. The molecular weight excluding hydrogens is 286 g/mol. The Morgan fingerprint density at radius 1 is 1.35 bits per heavy atom. The number of aromatic nitrogens is 2. The van der Waals surface area contributed by atoms with Crippen LogP contribution in [0.2, 0.25) is 0 Å². The van der Waals surface area contributed by atoms with Crippen molar-refractivity contribution in [3.8, 4) is 0 Å². The summed E-state index contributed by atoms with van der Waals surface area (Å²) in [7, 11) is 0. The highest BCUT2D eigenvalue weighted by Gasteiger charge is 2.07. The third-order valence-electron chi connectivity index (χ3n) is 2.60. The fourth-order valence-electron chi connectivity index (χ4n) is 1.59. The molecule has 0 saturated heterocycles. The lowest BCUT2D eigenvalue weighted by atomic mass is 10.1. The zero-order chi connectivity index (χ0) is 14.5. The molecule has 0 spiro atoms. The number of alkyl halides is 1. The predicted molar refractivity (Wildman–Crippen MR) is 72.7 cm³/mol. The first kappa shape index (κ1) is 14.4. The van der Waals surface area contributed by atoms with E-state index in [2.05, 4.69) is 5.10 Å². The maximum absolute atomic E-state index is 13.0. The van der Waals surface area contributed by atoms with Crippen molar-refractivity contribution < 1.29 is 13.6 Å². The average Bonchev–Trinajstić information content (AvgIpc) is 2.87. The topological polar surface area (TPSA) is 34.9 Å². The molecule has 0 fully saturated rings. The normalized spacial score (nSPS) is 11.2. The van der Waals surface area contributed by atoms with Crippen LogP contribution in [0.25, 0.3) is 6.08 Å². The van der Waals surface area contributed by atoms with Crippen molar-refractivity contribution in [2.75, 3.05) is 5.88 Å². The summed E-state index contributed by atoms with van der Waals surface area (Å²) in [5, 5.41) is 4.04. The molecule has 0 aliphatic rings. The van der Waals surface area contributed by atoms with E-state index in [1.165, 1.54) is 12.1 Å². The molecular formula is C14H11ClF2N2O. The first-order valence-corrected chi connectivity index (χ1v) is 6.39. The second kappa shape index (κ2) is 6.43. The Bertz CT molecular complexity index is 652. The van der Waals surface area contributed by atoms with Gasteiger partial charge in [0.25, 0.3) is 0 Å². The fraction of sp³-hybridized carbons (Fsp3) is 0.143. The SMILES string of the molecule is O=C(/C=C/c1cnn(CCCl)c1)c1ccc(F)c(F)c1. The number of rotatable bonds is 5. The van der Waals surface area contributed by atoms with E-state index in [-0.39, 0.29) is 5.56 Å². The summed E-state index contributed by atoms with van der Waals surface area (Å²) in [6.07, 6.45) is 6.16. The van der Waals surface area contributed by atoms with Crippen LogP contribution in [0.3, 0.4) is 0 Å². The Morgan fingerprint density at radius 2 is 2.15 bits per heavy atom. The molecule has 1 heterocycles. The molecule has 20 heavy (non-hydrogen) atoms. The second-order valence-corrected chi connectivity index (χ2v) is 4.43. The van der Waals surface area contributed by atoms with Gasteiger partial charge < -0.3 is 0 Å². The van der Waals surface area contributed by atoms with Gasteiger partial charge in [0.1, 0.15) is 0 Å². The lowest BCUT2D eigenvalue weighted by Gasteiger charge is -1.97. The van der Waals surface area contributed by atoms with Gasteiger partial charge in [0.05, 0.1) is 12.7 Å². The molecule has 104 valence electrons. The molecule has 0 radical (unpaired) electrons. The van der Waals surface area contributed by atoms with Gasteiger partial charge in [0, 0.05) is 23.2 Å². The molecule has 0 bridgehead atoms. The molecule has 2 aromatic rings. The van der Waals surface area contributed by atoms with Crippen LogP contribution < -0.4 is 0 Å². The van der Waals surface area contributed by atoms with E-state index in [1.807, 2.05) is 0 Å². The van der Waals surface area contributed by atoms with Crippen molar-refractivity contribution in [1.82, 2.24) is 9.78 Å². The molecule has 2 rings (SSSR count). The van der Waals surface area contributed by atoms with Gasteiger partial charge in [-0.2, -0.15) is 5.10 Å². The third-order valence-corrected chi connectivity index (χ3v) is 2.77. The van der Waals surface area contributed by atoms with E-state index in [0.717, 1.165) is 17.7 Å². The van der Waals surface area contributed by atoms with Crippen LogP contribution >= 0.6 is 11.6 Å². The van der Waals surface area contributed by atoms with E-state index in [0.29, 0.717) is 12.4 Å². The molecule has 0 saturated carbocycles. The van der Waals surface area contributed by atoms with Crippen LogP contribution in [0, 0.1) is 11.6 Å². The summed E-state index contributed by atoms with van der Waals surface area (Å²) in [4.78, 5) is 11.8. The summed E-state index contributed by atoms with van der Waals surface area (Å²) in [6, 6.07) is 3.04. The zero-order valence-electron chi connectivity index (χ0n) is 10.4. The quantitative estimate of drug-likeness (QED) is 0.482. The summed E-state index contributed by atoms with van der Waals surface area (Å²) < 4.78 is 27.4. The van der Waals surface area contributed by atoms with E-state index in [1.54, 1.807) is 23.2 Å². The number of nitrogens with zero attached hydrogens (tertiary/aromatic N) is 2. The van der Waals surface area contributed by atoms with Gasteiger partial charge in [-0.25, -0.2) is 8.78 Å². The first-order chi connectivity index (χ1) is 9.60. The van der Waals surface area contributed by atoms with Gasteiger partial charge >= 0.3 is 0 Å². The molecule has 1 aromatic heterocycles. The zero-order valence-corrected chi connectivity index (χ0v) is 11.1. The number of benzene rings is 1. The van der Waals surface area contributed by atoms with Crippen LogP contribution in [-0.4, -0.2) is 21.4 Å². The summed E-state index contributed by atoms with van der Waals surface area (Å²) in [5.74, 6) is -1.99. The Balaban J connectivity index is 2.09. The minimum atomic E-state index is -1.04. The van der Waals surface area contributed by atoms with Crippen LogP contribution in [0.1, 0.15) is 15.9 Å². The van der Waals surface area contributed by atoms with E-state index >= 15 is 0 Å². The highest BCUT2D eigenvalue weighted by atomic mass is 35.5. The van der Waals surface area contributed by atoms with Gasteiger partial charge in [-0.05, 0) is 30.4 Å². The number of carbonyl (C=O) groups excluding carboxylic acids is 1. The maximum atomic E-state index is 13.0. The van der Waals surface area contributed by atoms with Gasteiger partial charge in [-0.3, -0.25) is 9.48 Å². The minimum absolute atomic E-state index is 0.0910. The third kappa shape index (κ3) is 3.51. The van der Waals surface area contributed by atoms with Crippen LogP contribution in [0.4, 0.5) is 8.78 Å². The Labute approximate surface area is 119 Å². The summed E-state index contributed by atoms with van der Waals surface area (Å²) >= 11 is 5.58. The number of halogens is 3. The lowest BCUT2D eigenvalue weighted by molar-refractivity contribution is 0.104. The van der Waals surface area contributed by atoms with Gasteiger partial charge in [-0.15, -0.1) is 11.6 Å².